The zero-order valence-electron chi connectivity index (χ0n) is 14.7. The maximum absolute atomic E-state index is 12.7. The summed E-state index contributed by atoms with van der Waals surface area (Å²) in [5.41, 5.74) is 0.681. The molecule has 0 spiro atoms. The molecule has 6 nitrogen and oxygen atoms in total. The lowest BCUT2D eigenvalue weighted by molar-refractivity contribution is 0.0746. The fourth-order valence-corrected chi connectivity index (χ4v) is 3.35. The number of benzene rings is 1. The Balaban J connectivity index is 1.41. The number of ether oxygens (including phenoxy) is 1. The topological polar surface area (TPSA) is 58.6 Å². The van der Waals surface area contributed by atoms with E-state index in [0.717, 1.165) is 43.3 Å². The molecule has 1 saturated heterocycles. The molecular formula is C19H21ClN4O2. The van der Waals surface area contributed by atoms with Crippen molar-refractivity contribution in [2.24, 2.45) is 0 Å². The Kier molecular flexibility index (Phi) is 4.68. The van der Waals surface area contributed by atoms with Crippen LogP contribution in [-0.4, -0.2) is 54.1 Å². The molecule has 136 valence electrons. The Morgan fingerprint density at radius 2 is 1.81 bits per heavy atom. The number of hydrogen-bond acceptors (Lipinski definition) is 5. The summed E-state index contributed by atoms with van der Waals surface area (Å²) in [5, 5.41) is 0.494. The van der Waals surface area contributed by atoms with E-state index >= 15 is 0 Å². The Morgan fingerprint density at radius 1 is 1.12 bits per heavy atom. The van der Waals surface area contributed by atoms with Gasteiger partial charge in [-0.15, -0.1) is 0 Å². The van der Waals surface area contributed by atoms with Gasteiger partial charge < -0.3 is 14.5 Å². The minimum absolute atomic E-state index is 0.0479. The molecule has 0 radical (unpaired) electrons. The van der Waals surface area contributed by atoms with E-state index in [2.05, 4.69) is 14.9 Å². The normalized spacial score (nSPS) is 17.3. The second-order valence-corrected chi connectivity index (χ2v) is 7.08. The van der Waals surface area contributed by atoms with Crippen molar-refractivity contribution in [2.45, 2.75) is 18.8 Å². The summed E-state index contributed by atoms with van der Waals surface area (Å²) < 4.78 is 5.14. The molecule has 0 bridgehead atoms. The van der Waals surface area contributed by atoms with Crippen molar-refractivity contribution in [1.82, 2.24) is 14.9 Å². The number of hydrogen-bond donors (Lipinski definition) is 0. The number of carbonyl (C=O) groups excluding carboxylic acids is 1. The molecular weight excluding hydrogens is 352 g/mol. The van der Waals surface area contributed by atoms with Crippen LogP contribution in [-0.2, 0) is 0 Å². The Bertz CT molecular complexity index is 800. The van der Waals surface area contributed by atoms with Crippen LogP contribution in [0.3, 0.4) is 0 Å². The van der Waals surface area contributed by atoms with E-state index in [1.807, 2.05) is 23.1 Å². The molecule has 2 aromatic rings. The molecule has 0 atom stereocenters. The summed E-state index contributed by atoms with van der Waals surface area (Å²) in [5.74, 6) is 2.98. The molecule has 1 aromatic carbocycles. The number of nitrogens with zero attached hydrogens (tertiary/aromatic N) is 4. The molecule has 26 heavy (non-hydrogen) atoms. The summed E-state index contributed by atoms with van der Waals surface area (Å²) in [7, 11) is 1.62. The van der Waals surface area contributed by atoms with Crippen LogP contribution in [0.5, 0.6) is 5.75 Å². The van der Waals surface area contributed by atoms with Crippen LogP contribution in [0.15, 0.2) is 30.3 Å². The Morgan fingerprint density at radius 3 is 2.42 bits per heavy atom. The van der Waals surface area contributed by atoms with Crippen molar-refractivity contribution < 1.29 is 9.53 Å². The van der Waals surface area contributed by atoms with Gasteiger partial charge in [-0.3, -0.25) is 4.79 Å². The molecule has 1 aromatic heterocycles. The fourth-order valence-electron chi connectivity index (χ4n) is 3.16. The number of amides is 1. The molecule has 0 N–H and O–H groups in total. The van der Waals surface area contributed by atoms with Crippen molar-refractivity contribution in [3.05, 3.63) is 46.9 Å². The molecule has 1 amide bonds. The standard InChI is InChI=1S/C19H21ClN4O2/c1-26-15-6-4-14(5-7-15)19(25)24-10-8-23(9-11-24)17-12-16(20)21-18(22-17)13-2-3-13/h4-7,12-13H,2-3,8-11H2,1H3. The van der Waals surface area contributed by atoms with Gasteiger partial charge in [0.2, 0.25) is 0 Å². The summed E-state index contributed by atoms with van der Waals surface area (Å²) >= 11 is 6.17. The zero-order valence-corrected chi connectivity index (χ0v) is 15.4. The second-order valence-electron chi connectivity index (χ2n) is 6.69. The van der Waals surface area contributed by atoms with Crippen molar-refractivity contribution in [3.8, 4) is 5.75 Å². The first-order chi connectivity index (χ1) is 12.6. The Hall–Kier alpha value is -2.34. The highest BCUT2D eigenvalue weighted by molar-refractivity contribution is 6.29. The van der Waals surface area contributed by atoms with E-state index in [1.165, 1.54) is 0 Å². The van der Waals surface area contributed by atoms with Crippen LogP contribution < -0.4 is 9.64 Å². The lowest BCUT2D eigenvalue weighted by Gasteiger charge is -2.35. The van der Waals surface area contributed by atoms with Gasteiger partial charge in [-0.25, -0.2) is 9.97 Å². The third-order valence-corrected chi connectivity index (χ3v) is 5.06. The predicted octanol–water partition coefficient (Wildman–Crippen LogP) is 2.98. The average Bonchev–Trinajstić information content (AvgIpc) is 3.52. The largest absolute Gasteiger partial charge is 0.497 e. The van der Waals surface area contributed by atoms with Crippen molar-refractivity contribution in [3.63, 3.8) is 0 Å². The Labute approximate surface area is 157 Å². The van der Waals surface area contributed by atoms with Gasteiger partial charge in [0.1, 0.15) is 22.5 Å². The monoisotopic (exact) mass is 372 g/mol. The summed E-state index contributed by atoms with van der Waals surface area (Å²) in [6.07, 6.45) is 2.29. The maximum atomic E-state index is 12.7. The first kappa shape index (κ1) is 17.1. The quantitative estimate of drug-likeness (QED) is 0.772. The number of methoxy groups -OCH3 is 1. The van der Waals surface area contributed by atoms with Crippen LogP contribution >= 0.6 is 11.6 Å². The van der Waals surface area contributed by atoms with E-state index in [1.54, 1.807) is 19.2 Å². The molecule has 2 heterocycles. The van der Waals surface area contributed by atoms with Gasteiger partial charge in [-0.05, 0) is 37.1 Å². The number of halogens is 1. The summed E-state index contributed by atoms with van der Waals surface area (Å²) in [6.45, 7) is 2.79. The van der Waals surface area contributed by atoms with Gasteiger partial charge in [0.15, 0.2) is 0 Å². The lowest BCUT2D eigenvalue weighted by Crippen LogP contribution is -2.49. The molecule has 1 saturated carbocycles. The van der Waals surface area contributed by atoms with E-state index in [0.29, 0.717) is 29.7 Å². The van der Waals surface area contributed by atoms with Gasteiger partial charge in [-0.2, -0.15) is 0 Å². The number of carbonyl (C=O) groups is 1. The van der Waals surface area contributed by atoms with Crippen molar-refractivity contribution >= 4 is 23.3 Å². The van der Waals surface area contributed by atoms with Gasteiger partial charge in [-0.1, -0.05) is 11.6 Å². The van der Waals surface area contributed by atoms with E-state index in [-0.39, 0.29) is 5.91 Å². The van der Waals surface area contributed by atoms with Crippen LogP contribution in [0.2, 0.25) is 5.15 Å². The molecule has 7 heteroatoms. The SMILES string of the molecule is COc1ccc(C(=O)N2CCN(c3cc(Cl)nc(C4CC4)n3)CC2)cc1. The van der Waals surface area contributed by atoms with E-state index in [4.69, 9.17) is 16.3 Å². The van der Waals surface area contributed by atoms with Crippen molar-refractivity contribution in [1.29, 1.82) is 0 Å². The number of piperazine rings is 1. The van der Waals surface area contributed by atoms with E-state index in [9.17, 15) is 4.79 Å². The lowest BCUT2D eigenvalue weighted by atomic mass is 10.1. The average molecular weight is 373 g/mol. The van der Waals surface area contributed by atoms with Crippen LogP contribution in [0.25, 0.3) is 0 Å². The van der Waals surface area contributed by atoms with Crippen molar-refractivity contribution in [2.75, 3.05) is 38.2 Å². The number of anilines is 1. The highest BCUT2D eigenvalue weighted by atomic mass is 35.5. The van der Waals surface area contributed by atoms with Gasteiger partial charge in [0.05, 0.1) is 7.11 Å². The molecule has 2 aliphatic rings. The van der Waals surface area contributed by atoms with E-state index < -0.39 is 0 Å². The molecule has 1 aliphatic carbocycles. The third-order valence-electron chi connectivity index (χ3n) is 4.87. The first-order valence-electron chi connectivity index (χ1n) is 8.87. The first-order valence-corrected chi connectivity index (χ1v) is 9.24. The third kappa shape index (κ3) is 3.60. The summed E-state index contributed by atoms with van der Waals surface area (Å²) in [4.78, 5) is 25.7. The predicted molar refractivity (Wildman–Crippen MR) is 100 cm³/mol. The number of aromatic nitrogens is 2. The highest BCUT2D eigenvalue weighted by Gasteiger charge is 2.29. The van der Waals surface area contributed by atoms with Gasteiger partial charge >= 0.3 is 0 Å². The fraction of sp³-hybridized carbons (Fsp3) is 0.421. The maximum Gasteiger partial charge on any atom is 0.253 e. The van der Waals surface area contributed by atoms with Crippen LogP contribution in [0, 0.1) is 0 Å². The van der Waals surface area contributed by atoms with Crippen LogP contribution in [0.4, 0.5) is 5.82 Å². The molecule has 2 fully saturated rings. The molecule has 0 unspecified atom stereocenters. The smallest absolute Gasteiger partial charge is 0.253 e. The second kappa shape index (κ2) is 7.11. The van der Waals surface area contributed by atoms with Crippen LogP contribution in [0.1, 0.15) is 34.9 Å². The molecule has 4 rings (SSSR count). The zero-order chi connectivity index (χ0) is 18.1. The number of rotatable bonds is 4. The molecule has 1 aliphatic heterocycles. The minimum atomic E-state index is 0.0479. The minimum Gasteiger partial charge on any atom is -0.497 e. The summed E-state index contributed by atoms with van der Waals surface area (Å²) in [6, 6.07) is 9.05. The van der Waals surface area contributed by atoms with Gasteiger partial charge in [0, 0.05) is 43.7 Å². The van der Waals surface area contributed by atoms with Gasteiger partial charge in [0.25, 0.3) is 5.91 Å². The highest BCUT2D eigenvalue weighted by Crippen LogP contribution is 2.39.